The lowest BCUT2D eigenvalue weighted by Gasteiger charge is -2.26. The first-order chi connectivity index (χ1) is 18.7. The van der Waals surface area contributed by atoms with Crippen molar-refractivity contribution in [3.8, 4) is 0 Å². The van der Waals surface area contributed by atoms with Gasteiger partial charge in [0.05, 0.1) is 24.6 Å². The van der Waals surface area contributed by atoms with E-state index in [1.165, 1.54) is 0 Å². The summed E-state index contributed by atoms with van der Waals surface area (Å²) in [5, 5.41) is 12.7. The number of ether oxygens (including phenoxy) is 2. The number of anilines is 2. The molecular formula is C25H22F3N7O3S. The van der Waals surface area contributed by atoms with E-state index >= 15 is 0 Å². The Hall–Kier alpha value is -4.30. The highest BCUT2D eigenvalue weighted by molar-refractivity contribution is 7.16. The molecule has 2 aliphatic heterocycles. The number of amides is 1. The molecule has 3 aromatic rings. The second-order valence-corrected chi connectivity index (χ2v) is 9.63. The van der Waals surface area contributed by atoms with Crippen LogP contribution in [0.25, 0.3) is 0 Å². The smallest absolute Gasteiger partial charge is 0.405 e. The zero-order valence-electron chi connectivity index (χ0n) is 20.2. The van der Waals surface area contributed by atoms with Crippen LogP contribution in [0.5, 0.6) is 0 Å². The van der Waals surface area contributed by atoms with Crippen molar-refractivity contribution in [3.05, 3.63) is 76.4 Å². The number of alkyl halides is 3. The molecule has 39 heavy (non-hydrogen) atoms. The standard InChI is InChI=1S/C25H22F3N7O3S/c26-25(27,28)23-34-18(22(39-23)31-10-13-11-37-12-13)19(29)38-24(30)35-20-21(36)32-16-9-5-4-8-15(16)17(33-20)14-6-2-1-3-7-14/h1-9,13,20,29,31H,10-12H2,(H2,30,35)(H,32,36). The van der Waals surface area contributed by atoms with Gasteiger partial charge in [-0.25, -0.2) is 9.98 Å². The molecule has 0 spiro atoms. The van der Waals surface area contributed by atoms with Crippen LogP contribution in [-0.4, -0.2) is 54.4 Å². The van der Waals surface area contributed by atoms with Crippen molar-refractivity contribution in [2.45, 2.75) is 12.3 Å². The van der Waals surface area contributed by atoms with E-state index in [9.17, 15) is 18.0 Å². The molecule has 14 heteroatoms. The lowest BCUT2D eigenvalue weighted by Crippen LogP contribution is -2.33. The van der Waals surface area contributed by atoms with E-state index in [2.05, 4.69) is 25.6 Å². The van der Waals surface area contributed by atoms with E-state index in [1.54, 1.807) is 24.3 Å². The van der Waals surface area contributed by atoms with Crippen molar-refractivity contribution in [2.75, 3.05) is 30.4 Å². The number of aliphatic imine (C=N–C) groups is 2. The molecule has 0 saturated carbocycles. The summed E-state index contributed by atoms with van der Waals surface area (Å²) < 4.78 is 50.4. The molecule has 0 aliphatic carbocycles. The molecule has 1 saturated heterocycles. The molecule has 1 fully saturated rings. The van der Waals surface area contributed by atoms with Gasteiger partial charge in [-0.3, -0.25) is 10.2 Å². The summed E-state index contributed by atoms with van der Waals surface area (Å²) in [5.74, 6) is -1.24. The molecule has 5 rings (SSSR count). The van der Waals surface area contributed by atoms with Gasteiger partial charge < -0.3 is 25.8 Å². The minimum absolute atomic E-state index is 0.000862. The summed E-state index contributed by atoms with van der Waals surface area (Å²) in [7, 11) is 0. The molecule has 2 aromatic carbocycles. The summed E-state index contributed by atoms with van der Waals surface area (Å²) >= 11 is 0.353. The molecule has 1 aromatic heterocycles. The van der Waals surface area contributed by atoms with Crippen LogP contribution in [0, 0.1) is 11.3 Å². The van der Waals surface area contributed by atoms with Crippen LogP contribution in [0.1, 0.15) is 21.8 Å². The van der Waals surface area contributed by atoms with Gasteiger partial charge >= 0.3 is 6.18 Å². The molecule has 5 N–H and O–H groups in total. The maximum Gasteiger partial charge on any atom is 0.443 e. The quantitative estimate of drug-likeness (QED) is 0.269. The van der Waals surface area contributed by atoms with Gasteiger partial charge in [-0.2, -0.15) is 18.2 Å². The highest BCUT2D eigenvalue weighted by atomic mass is 32.1. The van der Waals surface area contributed by atoms with Gasteiger partial charge in [0.15, 0.2) is 5.69 Å². The molecule has 1 atom stereocenters. The van der Waals surface area contributed by atoms with E-state index in [0.717, 1.165) is 5.56 Å². The maximum absolute atomic E-state index is 13.3. The number of carbonyl (C=O) groups excluding carboxylic acids is 1. The molecule has 0 bridgehead atoms. The van der Waals surface area contributed by atoms with Crippen molar-refractivity contribution in [3.63, 3.8) is 0 Å². The van der Waals surface area contributed by atoms with Crippen molar-refractivity contribution in [1.82, 2.24) is 4.98 Å². The first kappa shape index (κ1) is 26.3. The van der Waals surface area contributed by atoms with Gasteiger partial charge in [-0.1, -0.05) is 59.9 Å². The number of aromatic nitrogens is 1. The van der Waals surface area contributed by atoms with E-state index < -0.39 is 35.2 Å². The fourth-order valence-corrected chi connectivity index (χ4v) is 4.65. The van der Waals surface area contributed by atoms with Gasteiger partial charge in [0, 0.05) is 23.6 Å². The zero-order valence-corrected chi connectivity index (χ0v) is 21.0. The number of thiazole rings is 1. The number of halogens is 3. The first-order valence-electron chi connectivity index (χ1n) is 11.7. The van der Waals surface area contributed by atoms with Gasteiger partial charge in [-0.15, -0.1) is 0 Å². The number of rotatable bonds is 6. The topological polar surface area (TPSA) is 147 Å². The summed E-state index contributed by atoms with van der Waals surface area (Å²) in [6.45, 7) is 1.31. The fourth-order valence-electron chi connectivity index (χ4n) is 3.81. The molecule has 202 valence electrons. The predicted octanol–water partition coefficient (Wildman–Crippen LogP) is 3.69. The maximum atomic E-state index is 13.3. The lowest BCUT2D eigenvalue weighted by molar-refractivity contribution is -0.137. The Bertz CT molecular complexity index is 1450. The summed E-state index contributed by atoms with van der Waals surface area (Å²) in [6.07, 6.45) is -6.10. The SMILES string of the molecule is N=C(O/C(N)=N/C1N=C(c2ccccc2)c2ccccc2NC1=O)c1nc(C(F)(F)F)sc1NCC1COC1. The monoisotopic (exact) mass is 557 g/mol. The number of nitrogens with one attached hydrogen (secondary N) is 3. The molecule has 0 radical (unpaired) electrons. The second kappa shape index (κ2) is 10.8. The summed E-state index contributed by atoms with van der Waals surface area (Å²) in [4.78, 5) is 25.0. The summed E-state index contributed by atoms with van der Waals surface area (Å²) in [5.41, 5.74) is 7.90. The van der Waals surface area contributed by atoms with Gasteiger partial charge in [0.1, 0.15) is 5.00 Å². The number of benzene rings is 2. The number of hydrogen-bond acceptors (Lipinski definition) is 9. The van der Waals surface area contributed by atoms with Crippen molar-refractivity contribution in [1.29, 1.82) is 5.41 Å². The number of para-hydroxylation sites is 1. The van der Waals surface area contributed by atoms with Crippen molar-refractivity contribution in [2.24, 2.45) is 21.6 Å². The average molecular weight is 558 g/mol. The molecule has 2 aliphatic rings. The van der Waals surface area contributed by atoms with Crippen LogP contribution in [0.2, 0.25) is 0 Å². The van der Waals surface area contributed by atoms with Crippen LogP contribution in [0.4, 0.5) is 23.9 Å². The molecule has 1 unspecified atom stereocenters. The minimum Gasteiger partial charge on any atom is -0.405 e. The Labute approximate surface area is 224 Å². The third-order valence-corrected chi connectivity index (χ3v) is 6.83. The normalized spacial score (nSPS) is 17.8. The number of carbonyl (C=O) groups is 1. The average Bonchev–Trinajstić information content (AvgIpc) is 3.26. The Morgan fingerprint density at radius 1 is 1.21 bits per heavy atom. The third-order valence-electron chi connectivity index (χ3n) is 5.77. The molecular weight excluding hydrogens is 535 g/mol. The number of hydrogen-bond donors (Lipinski definition) is 4. The van der Waals surface area contributed by atoms with Crippen LogP contribution in [0.3, 0.4) is 0 Å². The zero-order chi connectivity index (χ0) is 27.6. The lowest BCUT2D eigenvalue weighted by atomic mass is 10.0. The largest absolute Gasteiger partial charge is 0.443 e. The number of nitrogens with zero attached hydrogens (tertiary/aromatic N) is 3. The van der Waals surface area contributed by atoms with Crippen LogP contribution in [-0.2, 0) is 20.4 Å². The van der Waals surface area contributed by atoms with Crippen molar-refractivity contribution < 1.29 is 27.4 Å². The van der Waals surface area contributed by atoms with E-state index in [1.807, 2.05) is 30.3 Å². The van der Waals surface area contributed by atoms with Crippen LogP contribution < -0.4 is 16.4 Å². The van der Waals surface area contributed by atoms with Crippen LogP contribution in [0.15, 0.2) is 64.6 Å². The number of amidine groups is 1. The van der Waals surface area contributed by atoms with E-state index in [0.29, 0.717) is 48.1 Å². The van der Waals surface area contributed by atoms with E-state index in [4.69, 9.17) is 20.6 Å². The second-order valence-electron chi connectivity index (χ2n) is 8.63. The Balaban J connectivity index is 1.41. The highest BCUT2D eigenvalue weighted by Crippen LogP contribution is 2.37. The number of nitrogens with two attached hydrogens (primary N) is 1. The van der Waals surface area contributed by atoms with Gasteiger partial charge in [-0.05, 0) is 6.07 Å². The summed E-state index contributed by atoms with van der Waals surface area (Å²) in [6, 6.07) is 15.6. The number of fused-ring (bicyclic) bond motifs is 1. The Morgan fingerprint density at radius 2 is 1.92 bits per heavy atom. The molecule has 3 heterocycles. The Morgan fingerprint density at radius 3 is 2.62 bits per heavy atom. The van der Waals surface area contributed by atoms with Crippen molar-refractivity contribution >= 4 is 45.6 Å². The first-order valence-corrected chi connectivity index (χ1v) is 12.5. The predicted molar refractivity (Wildman–Crippen MR) is 140 cm³/mol. The number of benzodiazepines with no additional fused rings is 1. The van der Waals surface area contributed by atoms with E-state index in [-0.39, 0.29) is 16.6 Å². The minimum atomic E-state index is -4.71. The fraction of sp³-hybridized carbons (Fsp3) is 0.240. The Kier molecular flexibility index (Phi) is 7.30. The third kappa shape index (κ3) is 5.91. The highest BCUT2D eigenvalue weighted by Gasteiger charge is 2.37. The van der Waals surface area contributed by atoms with Gasteiger partial charge in [0.25, 0.3) is 11.9 Å². The van der Waals surface area contributed by atoms with Gasteiger partial charge in [0.2, 0.25) is 17.1 Å². The molecule has 1 amide bonds. The molecule has 10 nitrogen and oxygen atoms in total. The van der Waals surface area contributed by atoms with Crippen LogP contribution >= 0.6 is 11.3 Å².